The standard InChI is InChI=1S/C18H32N2O5S/c1-5-7-10-8-12(20(3)9-10)17(24)19-11(6-2)16-14(22)13(21)15(23)18(25-16)26-4/h6,10,12-16,18,21-23H,5,7-9H2,1-4H3,(H,19,24)/b11-6-/t10-,12+,13+,14-,15-,16-,18-/m1/s1. The van der Waals surface area contributed by atoms with E-state index < -0.39 is 29.9 Å². The second-order valence-corrected chi connectivity index (χ2v) is 8.15. The second kappa shape index (κ2) is 9.52. The third-order valence-electron chi connectivity index (χ3n) is 5.32. The number of allylic oxidation sites excluding steroid dienone is 1. The predicted molar refractivity (Wildman–Crippen MR) is 102 cm³/mol. The number of carbonyl (C=O) groups excluding carboxylic acids is 1. The maximum atomic E-state index is 12.8. The average molecular weight is 389 g/mol. The molecule has 4 N–H and O–H groups in total. The number of carbonyl (C=O) groups is 1. The molecule has 150 valence electrons. The highest BCUT2D eigenvalue weighted by Crippen LogP contribution is 2.30. The molecule has 7 nitrogen and oxygen atoms in total. The summed E-state index contributed by atoms with van der Waals surface area (Å²) in [5.74, 6) is 0.389. The zero-order valence-electron chi connectivity index (χ0n) is 16.0. The Balaban J connectivity index is 2.05. The summed E-state index contributed by atoms with van der Waals surface area (Å²) in [6, 6.07) is -0.214. The molecule has 0 unspecified atom stereocenters. The van der Waals surface area contributed by atoms with Crippen LogP contribution in [0.1, 0.15) is 33.1 Å². The first-order chi connectivity index (χ1) is 12.3. The Morgan fingerprint density at radius 1 is 1.31 bits per heavy atom. The van der Waals surface area contributed by atoms with Gasteiger partial charge in [-0.2, -0.15) is 0 Å². The van der Waals surface area contributed by atoms with E-state index >= 15 is 0 Å². The molecule has 0 aromatic rings. The molecule has 8 heteroatoms. The van der Waals surface area contributed by atoms with Crippen molar-refractivity contribution in [1.82, 2.24) is 10.2 Å². The van der Waals surface area contributed by atoms with Crippen LogP contribution >= 0.6 is 11.8 Å². The number of hydrogen-bond donors (Lipinski definition) is 4. The van der Waals surface area contributed by atoms with E-state index in [0.29, 0.717) is 11.6 Å². The van der Waals surface area contributed by atoms with E-state index in [-0.39, 0.29) is 11.9 Å². The summed E-state index contributed by atoms with van der Waals surface area (Å²) in [5, 5.41) is 33.3. The zero-order valence-corrected chi connectivity index (χ0v) is 16.8. The van der Waals surface area contributed by atoms with Gasteiger partial charge in [-0.3, -0.25) is 9.69 Å². The number of likely N-dealkylation sites (N-methyl/N-ethyl adjacent to an activating group) is 1. The van der Waals surface area contributed by atoms with Gasteiger partial charge in [0.1, 0.15) is 29.9 Å². The minimum absolute atomic E-state index is 0.128. The number of likely N-dealkylation sites (tertiary alicyclic amines) is 1. The Kier molecular flexibility index (Phi) is 7.93. The van der Waals surface area contributed by atoms with Crippen molar-refractivity contribution < 1.29 is 24.9 Å². The number of amides is 1. The van der Waals surface area contributed by atoms with Gasteiger partial charge in [-0.05, 0) is 39.0 Å². The third kappa shape index (κ3) is 4.61. The van der Waals surface area contributed by atoms with E-state index in [1.54, 1.807) is 19.3 Å². The summed E-state index contributed by atoms with van der Waals surface area (Å²) in [5.41, 5.74) is -0.256. The largest absolute Gasteiger partial charge is 0.387 e. The molecule has 2 aliphatic heterocycles. The van der Waals surface area contributed by atoms with Crippen LogP contribution in [0.3, 0.4) is 0 Å². The van der Waals surface area contributed by atoms with Gasteiger partial charge in [0.2, 0.25) is 5.91 Å². The molecular weight excluding hydrogens is 356 g/mol. The van der Waals surface area contributed by atoms with E-state index in [1.165, 1.54) is 11.8 Å². The molecule has 2 saturated heterocycles. The fourth-order valence-electron chi connectivity index (χ4n) is 3.86. The number of thioether (sulfide) groups is 1. The minimum atomic E-state index is -1.33. The molecule has 26 heavy (non-hydrogen) atoms. The molecule has 0 spiro atoms. The summed E-state index contributed by atoms with van der Waals surface area (Å²) < 4.78 is 5.74. The van der Waals surface area contributed by atoms with Crippen LogP contribution in [0.4, 0.5) is 0 Å². The van der Waals surface area contributed by atoms with Crippen LogP contribution in [-0.4, -0.2) is 81.9 Å². The van der Waals surface area contributed by atoms with Crippen LogP contribution in [0.25, 0.3) is 0 Å². The van der Waals surface area contributed by atoms with Crippen LogP contribution in [0.15, 0.2) is 11.8 Å². The third-order valence-corrected chi connectivity index (χ3v) is 6.18. The molecule has 0 bridgehead atoms. The lowest BCUT2D eigenvalue weighted by Crippen LogP contribution is -2.58. The maximum absolute atomic E-state index is 12.8. The highest BCUT2D eigenvalue weighted by atomic mass is 32.2. The van der Waals surface area contributed by atoms with Crippen molar-refractivity contribution in [1.29, 1.82) is 0 Å². The second-order valence-electron chi connectivity index (χ2n) is 7.21. The number of hydrogen-bond acceptors (Lipinski definition) is 7. The van der Waals surface area contributed by atoms with Crippen molar-refractivity contribution >= 4 is 17.7 Å². The number of aliphatic hydroxyl groups is 3. The Labute approximate surface area is 159 Å². The highest BCUT2D eigenvalue weighted by Gasteiger charge is 2.45. The summed E-state index contributed by atoms with van der Waals surface area (Å²) >= 11 is 1.25. The molecule has 7 atom stereocenters. The molecule has 2 rings (SSSR count). The topological polar surface area (TPSA) is 102 Å². The number of rotatable bonds is 6. The molecule has 2 fully saturated rings. The SMILES string of the molecule is C/C=C(\NC(=O)[C@@H]1C[C@@H](CCC)CN1C)[C@H]1O[C@H](SC)[C@H](O)[C@@H](O)[C@H]1O. The van der Waals surface area contributed by atoms with E-state index in [1.807, 2.05) is 7.05 Å². The molecule has 0 aromatic carbocycles. The molecule has 2 aliphatic rings. The van der Waals surface area contributed by atoms with Crippen molar-refractivity contribution in [2.75, 3.05) is 19.8 Å². The lowest BCUT2D eigenvalue weighted by molar-refractivity contribution is -0.188. The molecule has 2 heterocycles. The highest BCUT2D eigenvalue weighted by molar-refractivity contribution is 7.99. The Morgan fingerprint density at radius 2 is 2.00 bits per heavy atom. The van der Waals surface area contributed by atoms with Gasteiger partial charge in [-0.1, -0.05) is 19.4 Å². The van der Waals surface area contributed by atoms with Gasteiger partial charge in [0, 0.05) is 12.2 Å². The van der Waals surface area contributed by atoms with Gasteiger partial charge < -0.3 is 25.4 Å². The van der Waals surface area contributed by atoms with Crippen molar-refractivity contribution in [2.45, 2.75) is 69.0 Å². The van der Waals surface area contributed by atoms with Gasteiger partial charge >= 0.3 is 0 Å². The summed E-state index contributed by atoms with van der Waals surface area (Å²) in [6.45, 7) is 4.80. The van der Waals surface area contributed by atoms with Crippen molar-refractivity contribution in [3.63, 3.8) is 0 Å². The molecule has 1 amide bonds. The maximum Gasteiger partial charge on any atom is 0.241 e. The van der Waals surface area contributed by atoms with Crippen LogP contribution in [0.5, 0.6) is 0 Å². The normalized spacial score (nSPS) is 39.2. The quantitative estimate of drug-likeness (QED) is 0.519. The predicted octanol–water partition coefficient (Wildman–Crippen LogP) is 0.297. The number of aliphatic hydroxyl groups excluding tert-OH is 3. The minimum Gasteiger partial charge on any atom is -0.387 e. The Morgan fingerprint density at radius 3 is 2.58 bits per heavy atom. The van der Waals surface area contributed by atoms with Crippen LogP contribution in [-0.2, 0) is 9.53 Å². The Hall–Kier alpha value is -0.640. The van der Waals surface area contributed by atoms with Crippen molar-refractivity contribution in [2.24, 2.45) is 5.92 Å². The van der Waals surface area contributed by atoms with Crippen LogP contribution in [0.2, 0.25) is 0 Å². The van der Waals surface area contributed by atoms with Crippen molar-refractivity contribution in [3.05, 3.63) is 11.8 Å². The first kappa shape index (κ1) is 21.7. The monoisotopic (exact) mass is 388 g/mol. The van der Waals surface area contributed by atoms with E-state index in [4.69, 9.17) is 4.74 Å². The van der Waals surface area contributed by atoms with Crippen LogP contribution in [0, 0.1) is 5.92 Å². The van der Waals surface area contributed by atoms with E-state index in [2.05, 4.69) is 17.1 Å². The molecule has 0 aliphatic carbocycles. The van der Waals surface area contributed by atoms with Gasteiger partial charge in [0.15, 0.2) is 0 Å². The molecular formula is C18H32N2O5S. The van der Waals surface area contributed by atoms with Gasteiger partial charge in [-0.25, -0.2) is 0 Å². The van der Waals surface area contributed by atoms with Crippen LogP contribution < -0.4 is 5.32 Å². The fraction of sp³-hybridized carbons (Fsp3) is 0.833. The zero-order chi connectivity index (χ0) is 19.4. The summed E-state index contributed by atoms with van der Waals surface area (Å²) in [4.78, 5) is 14.8. The average Bonchev–Trinajstić information content (AvgIpc) is 2.99. The fourth-order valence-corrected chi connectivity index (χ4v) is 4.53. The number of nitrogens with zero attached hydrogens (tertiary/aromatic N) is 1. The lowest BCUT2D eigenvalue weighted by atomic mass is 9.97. The summed E-state index contributed by atoms with van der Waals surface area (Å²) in [7, 11) is 1.95. The lowest BCUT2D eigenvalue weighted by Gasteiger charge is -2.41. The molecule has 0 saturated carbocycles. The van der Waals surface area contributed by atoms with E-state index in [9.17, 15) is 20.1 Å². The number of ether oxygens (including phenoxy) is 1. The van der Waals surface area contributed by atoms with Gasteiger partial charge in [0.25, 0.3) is 0 Å². The first-order valence-corrected chi connectivity index (χ1v) is 10.5. The first-order valence-electron chi connectivity index (χ1n) is 9.23. The number of nitrogens with one attached hydrogen (secondary N) is 1. The van der Waals surface area contributed by atoms with E-state index in [0.717, 1.165) is 25.8 Å². The van der Waals surface area contributed by atoms with Gasteiger partial charge in [-0.15, -0.1) is 11.8 Å². The van der Waals surface area contributed by atoms with Gasteiger partial charge in [0.05, 0.1) is 6.04 Å². The smallest absolute Gasteiger partial charge is 0.241 e. The molecule has 0 radical (unpaired) electrons. The Bertz CT molecular complexity index is 516. The summed E-state index contributed by atoms with van der Waals surface area (Å²) in [6.07, 6.45) is 1.74. The molecule has 0 aromatic heterocycles. The van der Waals surface area contributed by atoms with Crippen molar-refractivity contribution in [3.8, 4) is 0 Å².